The van der Waals surface area contributed by atoms with Crippen molar-refractivity contribution in [3.63, 3.8) is 0 Å². The van der Waals surface area contributed by atoms with E-state index in [0.717, 1.165) is 16.9 Å². The van der Waals surface area contributed by atoms with Crippen LogP contribution in [0, 0.1) is 17.8 Å². The van der Waals surface area contributed by atoms with Crippen LogP contribution in [0.4, 0.5) is 5.69 Å². The molecule has 0 unspecified atom stereocenters. The van der Waals surface area contributed by atoms with Gasteiger partial charge in [0.05, 0.1) is 18.2 Å². The number of carbonyl (C=O) groups excluding carboxylic acids is 1. The second-order valence-corrected chi connectivity index (χ2v) is 12.2. The van der Waals surface area contributed by atoms with Crippen LogP contribution in [-0.2, 0) is 16.1 Å². The van der Waals surface area contributed by atoms with Crippen molar-refractivity contribution in [2.75, 3.05) is 45.3 Å². The average molecular weight is 486 g/mol. The molecule has 176 valence electrons. The number of amides is 1. The summed E-state index contributed by atoms with van der Waals surface area (Å²) >= 11 is 3.28. The van der Waals surface area contributed by atoms with Gasteiger partial charge in [-0.1, -0.05) is 23.5 Å². The molecule has 1 aromatic heterocycles. The normalized spacial score (nSPS) is 30.2. The fraction of sp³-hybridized carbons (Fsp3) is 0.600. The minimum absolute atomic E-state index is 0.0105. The number of hydrogen-bond acceptors (Lipinski definition) is 6. The molecule has 6 nitrogen and oxygen atoms in total. The zero-order valence-electron chi connectivity index (χ0n) is 19.2. The highest BCUT2D eigenvalue weighted by atomic mass is 32.2. The summed E-state index contributed by atoms with van der Waals surface area (Å²) in [6.45, 7) is 2.53. The van der Waals surface area contributed by atoms with Crippen LogP contribution in [0.2, 0.25) is 0 Å². The molecular formula is C25H31N3O3S2. The number of rotatable bonds is 4. The van der Waals surface area contributed by atoms with Crippen molar-refractivity contribution in [1.82, 2.24) is 9.47 Å². The van der Waals surface area contributed by atoms with Gasteiger partial charge in [-0.2, -0.15) is 0 Å². The molecule has 8 heteroatoms. The molecule has 1 amide bonds. The van der Waals surface area contributed by atoms with Crippen LogP contribution in [0.3, 0.4) is 0 Å². The van der Waals surface area contributed by atoms with Gasteiger partial charge in [0.15, 0.2) is 0 Å². The number of fused-ring (bicyclic) bond motifs is 6. The summed E-state index contributed by atoms with van der Waals surface area (Å²) in [7, 11) is 4.13. The minimum atomic E-state index is 0.0105. The molecule has 3 fully saturated rings. The zero-order valence-corrected chi connectivity index (χ0v) is 20.9. The van der Waals surface area contributed by atoms with Crippen LogP contribution in [0.5, 0.6) is 0 Å². The second-order valence-electron chi connectivity index (χ2n) is 10.1. The Morgan fingerprint density at radius 2 is 1.85 bits per heavy atom. The second kappa shape index (κ2) is 8.47. The molecule has 6 rings (SSSR count). The Balaban J connectivity index is 1.39. The number of hydrogen-bond donors (Lipinski definition) is 0. The van der Waals surface area contributed by atoms with Gasteiger partial charge in [-0.15, -0.1) is 11.8 Å². The van der Waals surface area contributed by atoms with Crippen molar-refractivity contribution < 1.29 is 9.53 Å². The topological polar surface area (TPSA) is 54.8 Å². The van der Waals surface area contributed by atoms with E-state index in [-0.39, 0.29) is 23.2 Å². The largest absolute Gasteiger partial charge is 0.378 e. The predicted molar refractivity (Wildman–Crippen MR) is 133 cm³/mol. The first-order valence-corrected chi connectivity index (χ1v) is 13.7. The Morgan fingerprint density at radius 1 is 1.12 bits per heavy atom. The number of carbonyl (C=O) groups is 1. The highest BCUT2D eigenvalue weighted by Gasteiger charge is 2.55. The van der Waals surface area contributed by atoms with E-state index < -0.39 is 0 Å². The quantitative estimate of drug-likeness (QED) is 0.664. The predicted octanol–water partition coefficient (Wildman–Crippen LogP) is 3.49. The summed E-state index contributed by atoms with van der Waals surface area (Å²) in [6, 6.07) is 8.91. The maximum atomic E-state index is 13.2. The molecule has 0 N–H and O–H groups in total. The highest BCUT2D eigenvalue weighted by molar-refractivity contribution is 8.00. The molecule has 1 aromatic carbocycles. The molecule has 2 aliphatic heterocycles. The number of aromatic nitrogens is 1. The smallest absolute Gasteiger partial charge is 0.308 e. The van der Waals surface area contributed by atoms with Crippen molar-refractivity contribution in [3.05, 3.63) is 44.4 Å². The Bertz CT molecular complexity index is 1100. The fourth-order valence-corrected chi connectivity index (χ4v) is 9.64. The molecule has 5 atom stereocenters. The summed E-state index contributed by atoms with van der Waals surface area (Å²) in [5.74, 6) is 2.37. The van der Waals surface area contributed by atoms with E-state index in [1.54, 1.807) is 4.57 Å². The lowest BCUT2D eigenvalue weighted by Gasteiger charge is -2.40. The van der Waals surface area contributed by atoms with Crippen LogP contribution in [0.1, 0.15) is 35.6 Å². The van der Waals surface area contributed by atoms with Crippen LogP contribution in [0.15, 0.2) is 34.1 Å². The first-order valence-electron chi connectivity index (χ1n) is 12.0. The Kier molecular flexibility index (Phi) is 5.58. The SMILES string of the molecule is CN(C)c1ccc([C@@H]2c3sc(=O)n(CC(=O)N4CCOCC4)c3S[C@@H]3[C@H]4CC[C@@H](C4)[C@@H]23)cc1. The van der Waals surface area contributed by atoms with Crippen molar-refractivity contribution in [2.24, 2.45) is 17.8 Å². The number of nitrogens with zero attached hydrogens (tertiary/aromatic N) is 3. The van der Waals surface area contributed by atoms with E-state index in [2.05, 4.69) is 43.3 Å². The van der Waals surface area contributed by atoms with Gasteiger partial charge in [-0.05, 0) is 54.7 Å². The Labute approximate surface area is 202 Å². The van der Waals surface area contributed by atoms with Crippen molar-refractivity contribution in [1.29, 1.82) is 0 Å². The van der Waals surface area contributed by atoms with Gasteiger partial charge in [0, 0.05) is 48.9 Å². The van der Waals surface area contributed by atoms with Gasteiger partial charge in [-0.25, -0.2) is 0 Å². The monoisotopic (exact) mass is 485 g/mol. The maximum Gasteiger partial charge on any atom is 0.308 e. The third-order valence-electron chi connectivity index (χ3n) is 8.12. The van der Waals surface area contributed by atoms with E-state index in [1.807, 2.05) is 16.7 Å². The zero-order chi connectivity index (χ0) is 22.7. The summed E-state index contributed by atoms with van der Waals surface area (Å²) < 4.78 is 7.18. The number of thioether (sulfide) groups is 1. The lowest BCUT2D eigenvalue weighted by molar-refractivity contribution is -0.136. The number of anilines is 1. The highest BCUT2D eigenvalue weighted by Crippen LogP contribution is 2.64. The molecular weight excluding hydrogens is 454 g/mol. The van der Waals surface area contributed by atoms with Gasteiger partial charge < -0.3 is 14.5 Å². The Hall–Kier alpha value is -1.77. The van der Waals surface area contributed by atoms with Gasteiger partial charge in [0.1, 0.15) is 6.54 Å². The van der Waals surface area contributed by atoms with E-state index in [1.165, 1.54) is 46.7 Å². The molecule has 0 spiro atoms. The fourth-order valence-electron chi connectivity index (χ4n) is 6.49. The molecule has 33 heavy (non-hydrogen) atoms. The van der Waals surface area contributed by atoms with Crippen molar-refractivity contribution >= 4 is 34.7 Å². The number of morpholine rings is 1. The number of ether oxygens (including phenoxy) is 1. The van der Waals surface area contributed by atoms with Crippen LogP contribution in [0.25, 0.3) is 0 Å². The molecule has 4 aliphatic rings. The van der Waals surface area contributed by atoms with Gasteiger partial charge in [0.2, 0.25) is 5.91 Å². The minimum Gasteiger partial charge on any atom is -0.378 e. The van der Waals surface area contributed by atoms with Gasteiger partial charge >= 0.3 is 4.87 Å². The van der Waals surface area contributed by atoms with Crippen molar-refractivity contribution in [2.45, 2.75) is 42.0 Å². The van der Waals surface area contributed by atoms with E-state index in [0.29, 0.717) is 37.5 Å². The Morgan fingerprint density at radius 3 is 2.58 bits per heavy atom. The summed E-state index contributed by atoms with van der Waals surface area (Å²) in [5.41, 5.74) is 2.51. The molecule has 2 aliphatic carbocycles. The van der Waals surface area contributed by atoms with Gasteiger partial charge in [-0.3, -0.25) is 14.2 Å². The van der Waals surface area contributed by atoms with Crippen LogP contribution >= 0.6 is 23.1 Å². The van der Waals surface area contributed by atoms with Crippen LogP contribution in [-0.4, -0.2) is 61.0 Å². The molecule has 2 saturated carbocycles. The van der Waals surface area contributed by atoms with Gasteiger partial charge in [0.25, 0.3) is 0 Å². The molecule has 1 saturated heterocycles. The summed E-state index contributed by atoms with van der Waals surface area (Å²) in [6.07, 6.45) is 3.95. The first kappa shape index (κ1) is 21.7. The number of thiazole rings is 1. The third-order valence-corrected chi connectivity index (χ3v) is 10.9. The third kappa shape index (κ3) is 3.65. The summed E-state index contributed by atoms with van der Waals surface area (Å²) in [5, 5.41) is 1.61. The molecule has 2 aromatic rings. The number of benzene rings is 1. The summed E-state index contributed by atoms with van der Waals surface area (Å²) in [4.78, 5) is 31.4. The lowest BCUT2D eigenvalue weighted by atomic mass is 9.75. The van der Waals surface area contributed by atoms with E-state index >= 15 is 0 Å². The molecule has 2 bridgehead atoms. The average Bonchev–Trinajstić information content (AvgIpc) is 3.53. The lowest BCUT2D eigenvalue weighted by Crippen LogP contribution is -2.43. The van der Waals surface area contributed by atoms with E-state index in [9.17, 15) is 9.59 Å². The molecule has 3 heterocycles. The standard InChI is InChI=1S/C25H31N3O3S2/c1-26(2)18-7-5-15(6-8-18)20-21-16-3-4-17(13-16)22(21)32-24-23(20)33-25(30)28(24)14-19(29)27-9-11-31-12-10-27/h5-8,16-17,20-22H,3-4,9-14H2,1-2H3/t16-,17-,20-,21-,22+/m0/s1. The maximum absolute atomic E-state index is 13.2. The van der Waals surface area contributed by atoms with Crippen molar-refractivity contribution in [3.8, 4) is 0 Å². The first-order chi connectivity index (χ1) is 16.0. The van der Waals surface area contributed by atoms with Crippen LogP contribution < -0.4 is 9.77 Å². The van der Waals surface area contributed by atoms with E-state index in [4.69, 9.17) is 4.74 Å². The molecule has 0 radical (unpaired) electrons.